The van der Waals surface area contributed by atoms with E-state index in [1.54, 1.807) is 48.5 Å². The number of aliphatic hydroxyl groups is 1. The zero-order valence-corrected chi connectivity index (χ0v) is 14.2. The number of hydrogen-bond acceptors (Lipinski definition) is 5. The number of rotatable bonds is 6. The number of carbonyl (C=O) groups is 1. The molecule has 2 aromatic carbocycles. The van der Waals surface area contributed by atoms with Gasteiger partial charge in [-0.15, -0.1) is 0 Å². The van der Waals surface area contributed by atoms with Crippen LogP contribution in [0.15, 0.2) is 54.6 Å². The first-order chi connectivity index (χ1) is 12.1. The average Bonchev–Trinajstić information content (AvgIpc) is 2.62. The van der Waals surface area contributed by atoms with Crippen molar-refractivity contribution in [2.24, 2.45) is 0 Å². The van der Waals surface area contributed by atoms with Crippen molar-refractivity contribution in [3.8, 4) is 0 Å². The average molecular weight is 362 g/mol. The van der Waals surface area contributed by atoms with Crippen molar-refractivity contribution >= 4 is 21.8 Å². The number of fused-ring (bicyclic) bond motifs is 1. The van der Waals surface area contributed by atoms with E-state index in [1.807, 2.05) is 6.07 Å². The maximum atomic E-state index is 13.0. The summed E-state index contributed by atoms with van der Waals surface area (Å²) in [5.41, 5.74) is 1.27. The summed E-state index contributed by atoms with van der Waals surface area (Å²) in [6.07, 6.45) is 0. The molecule has 0 atom stereocenters. The Morgan fingerprint density at radius 1 is 0.960 bits per heavy atom. The predicted octanol–water partition coefficient (Wildman–Crippen LogP) is 1.36. The van der Waals surface area contributed by atoms with E-state index in [0.717, 1.165) is 8.61 Å². The van der Waals surface area contributed by atoms with E-state index in [9.17, 15) is 13.2 Å². The van der Waals surface area contributed by atoms with Crippen molar-refractivity contribution in [3.63, 3.8) is 0 Å². The lowest BCUT2D eigenvalue weighted by atomic mass is 10.1. The van der Waals surface area contributed by atoms with Gasteiger partial charge in [0, 0.05) is 0 Å². The van der Waals surface area contributed by atoms with Gasteiger partial charge in [0.1, 0.15) is 6.73 Å². The van der Waals surface area contributed by atoms with E-state index in [2.05, 4.69) is 0 Å². The summed E-state index contributed by atoms with van der Waals surface area (Å²) in [5.74, 6) is -0.571. The van der Waals surface area contributed by atoms with Crippen LogP contribution in [-0.2, 0) is 21.5 Å². The maximum Gasteiger partial charge on any atom is 0.331 e. The van der Waals surface area contributed by atoms with Gasteiger partial charge in [-0.25, -0.2) is 8.61 Å². The Labute approximate surface area is 146 Å². The highest BCUT2D eigenvalue weighted by molar-refractivity contribution is 7.91. The number of nitrogens with zero attached hydrogens (tertiary/aromatic N) is 2. The van der Waals surface area contributed by atoms with Crippen molar-refractivity contribution in [3.05, 3.63) is 65.7 Å². The third kappa shape index (κ3) is 3.37. The smallest absolute Gasteiger partial charge is 0.331 e. The molecule has 0 radical (unpaired) electrons. The van der Waals surface area contributed by atoms with E-state index in [-0.39, 0.29) is 32.2 Å². The largest absolute Gasteiger partial charge is 0.394 e. The van der Waals surface area contributed by atoms with E-state index < -0.39 is 16.1 Å². The van der Waals surface area contributed by atoms with Crippen molar-refractivity contribution in [1.82, 2.24) is 4.31 Å². The molecule has 132 valence electrons. The van der Waals surface area contributed by atoms with Gasteiger partial charge in [0.15, 0.2) is 0 Å². The minimum atomic E-state index is -4.10. The molecule has 0 spiro atoms. The van der Waals surface area contributed by atoms with Crippen LogP contribution in [0, 0.1) is 0 Å². The Balaban J connectivity index is 2.00. The normalized spacial score (nSPS) is 16.0. The molecule has 25 heavy (non-hydrogen) atoms. The SMILES string of the molecule is O=C1c2ccccc2N(COCCO)S(=O)(=O)N1Cc1ccccc1. The summed E-state index contributed by atoms with van der Waals surface area (Å²) in [4.78, 5) is 12.8. The molecule has 0 aromatic heterocycles. The number of amides is 1. The Morgan fingerprint density at radius 3 is 2.36 bits per heavy atom. The zero-order chi connectivity index (χ0) is 17.9. The highest BCUT2D eigenvalue weighted by Gasteiger charge is 2.41. The summed E-state index contributed by atoms with van der Waals surface area (Å²) in [6.45, 7) is -0.561. The lowest BCUT2D eigenvalue weighted by molar-refractivity contribution is 0.0829. The highest BCUT2D eigenvalue weighted by Crippen LogP contribution is 2.32. The third-order valence-corrected chi connectivity index (χ3v) is 5.51. The number of ether oxygens (including phenoxy) is 1. The van der Waals surface area contributed by atoms with E-state index in [4.69, 9.17) is 9.84 Å². The molecule has 1 aliphatic rings. The first-order valence-electron chi connectivity index (χ1n) is 7.72. The number of para-hydroxylation sites is 1. The van der Waals surface area contributed by atoms with Crippen LogP contribution in [0.5, 0.6) is 0 Å². The highest BCUT2D eigenvalue weighted by atomic mass is 32.2. The molecule has 1 heterocycles. The summed E-state index contributed by atoms with van der Waals surface area (Å²) in [7, 11) is -4.10. The fourth-order valence-corrected chi connectivity index (χ4v) is 4.08. The zero-order valence-electron chi connectivity index (χ0n) is 13.4. The Morgan fingerprint density at radius 2 is 1.64 bits per heavy atom. The molecule has 0 saturated carbocycles. The van der Waals surface area contributed by atoms with Gasteiger partial charge in [0.25, 0.3) is 5.91 Å². The van der Waals surface area contributed by atoms with Gasteiger partial charge >= 0.3 is 10.2 Å². The van der Waals surface area contributed by atoms with Gasteiger partial charge in [-0.1, -0.05) is 42.5 Å². The van der Waals surface area contributed by atoms with Crippen LogP contribution in [0.3, 0.4) is 0 Å². The second-order valence-corrected chi connectivity index (χ2v) is 7.21. The van der Waals surface area contributed by atoms with E-state index >= 15 is 0 Å². The number of benzene rings is 2. The molecule has 0 aliphatic carbocycles. The first-order valence-corrected chi connectivity index (χ1v) is 9.11. The Bertz CT molecular complexity index is 854. The van der Waals surface area contributed by atoms with Crippen LogP contribution in [0.25, 0.3) is 0 Å². The molecular formula is C17H18N2O5S. The van der Waals surface area contributed by atoms with Gasteiger partial charge in [0.05, 0.1) is 31.0 Å². The molecule has 0 fully saturated rings. The lowest BCUT2D eigenvalue weighted by Crippen LogP contribution is -2.51. The number of carbonyl (C=O) groups excluding carboxylic acids is 1. The minimum Gasteiger partial charge on any atom is -0.394 e. The third-order valence-electron chi connectivity index (χ3n) is 3.80. The topological polar surface area (TPSA) is 87.1 Å². The lowest BCUT2D eigenvalue weighted by Gasteiger charge is -2.36. The van der Waals surface area contributed by atoms with Gasteiger partial charge < -0.3 is 9.84 Å². The van der Waals surface area contributed by atoms with E-state index in [0.29, 0.717) is 11.1 Å². The molecule has 8 heteroatoms. The number of anilines is 1. The van der Waals surface area contributed by atoms with Crippen LogP contribution in [0.1, 0.15) is 15.9 Å². The van der Waals surface area contributed by atoms with Gasteiger partial charge in [0.2, 0.25) is 0 Å². The number of aliphatic hydroxyl groups excluding tert-OH is 1. The molecule has 1 aliphatic heterocycles. The van der Waals surface area contributed by atoms with Crippen molar-refractivity contribution in [1.29, 1.82) is 0 Å². The fraction of sp³-hybridized carbons (Fsp3) is 0.235. The van der Waals surface area contributed by atoms with Crippen molar-refractivity contribution in [2.75, 3.05) is 24.2 Å². The summed E-state index contributed by atoms with van der Waals surface area (Å²) >= 11 is 0. The standard InChI is InChI=1S/C17H18N2O5S/c20-10-11-24-13-19-16-9-5-4-8-15(16)17(21)18(25(19,22)23)12-14-6-2-1-3-7-14/h1-9,20H,10-13H2. The van der Waals surface area contributed by atoms with Crippen LogP contribution < -0.4 is 4.31 Å². The molecule has 3 rings (SSSR count). The van der Waals surface area contributed by atoms with Crippen LogP contribution >= 0.6 is 0 Å². The molecule has 0 saturated heterocycles. The molecule has 7 nitrogen and oxygen atoms in total. The fourth-order valence-electron chi connectivity index (χ4n) is 2.61. The monoisotopic (exact) mass is 362 g/mol. The van der Waals surface area contributed by atoms with Gasteiger partial charge in [-0.05, 0) is 17.7 Å². The van der Waals surface area contributed by atoms with Gasteiger partial charge in [-0.2, -0.15) is 8.42 Å². The van der Waals surface area contributed by atoms with E-state index in [1.165, 1.54) is 0 Å². The Hall–Kier alpha value is -2.42. The first kappa shape index (κ1) is 17.4. The van der Waals surface area contributed by atoms with Crippen molar-refractivity contribution < 1.29 is 23.1 Å². The molecule has 1 N–H and O–H groups in total. The molecule has 0 unspecified atom stereocenters. The van der Waals surface area contributed by atoms with Crippen LogP contribution in [0.4, 0.5) is 5.69 Å². The Kier molecular flexibility index (Phi) is 5.03. The van der Waals surface area contributed by atoms with Gasteiger partial charge in [-0.3, -0.25) is 4.79 Å². The second-order valence-electron chi connectivity index (χ2n) is 5.43. The van der Waals surface area contributed by atoms with Crippen molar-refractivity contribution in [2.45, 2.75) is 6.54 Å². The van der Waals surface area contributed by atoms with Crippen LogP contribution in [-0.4, -0.2) is 43.7 Å². The predicted molar refractivity (Wildman–Crippen MR) is 92.1 cm³/mol. The summed E-state index contributed by atoms with van der Waals surface area (Å²) in [5, 5.41) is 8.85. The maximum absolute atomic E-state index is 13.0. The quantitative estimate of drug-likeness (QED) is 0.784. The van der Waals surface area contributed by atoms with Crippen LogP contribution in [0.2, 0.25) is 0 Å². The second kappa shape index (κ2) is 7.22. The minimum absolute atomic E-state index is 0.000812. The summed E-state index contributed by atoms with van der Waals surface area (Å²) < 4.78 is 33.0. The molecule has 1 amide bonds. The number of hydrogen-bond donors (Lipinski definition) is 1. The molecule has 0 bridgehead atoms. The summed E-state index contributed by atoms with van der Waals surface area (Å²) in [6, 6.07) is 15.4. The molecular weight excluding hydrogens is 344 g/mol. The molecule has 2 aromatic rings.